The molecular weight excluding hydrogens is 360 g/mol. The minimum Gasteiger partial charge on any atom is -0.494 e. The Morgan fingerprint density at radius 2 is 1.89 bits per heavy atom. The molecule has 150 valence electrons. The van der Waals surface area contributed by atoms with Gasteiger partial charge in [0.1, 0.15) is 5.75 Å². The van der Waals surface area contributed by atoms with Crippen molar-refractivity contribution in [1.82, 2.24) is 20.3 Å². The average Bonchev–Trinajstić information content (AvgIpc) is 2.73. The van der Waals surface area contributed by atoms with Crippen LogP contribution in [0.4, 0.5) is 11.9 Å². The van der Waals surface area contributed by atoms with Gasteiger partial charge in [-0.3, -0.25) is 4.79 Å². The minimum atomic E-state index is -0.192. The van der Waals surface area contributed by atoms with Crippen molar-refractivity contribution in [2.45, 2.75) is 13.5 Å². The van der Waals surface area contributed by atoms with Crippen LogP contribution >= 0.6 is 0 Å². The lowest BCUT2D eigenvalue weighted by atomic mass is 10.2. The van der Waals surface area contributed by atoms with Crippen LogP contribution < -0.4 is 19.9 Å². The maximum Gasteiger partial charge on any atom is 0.251 e. The number of nitrogens with one attached hydrogen (secondary N) is 1. The van der Waals surface area contributed by atoms with E-state index in [1.165, 1.54) is 0 Å². The van der Waals surface area contributed by atoms with Crippen LogP contribution in [0, 0.1) is 0 Å². The fourth-order valence-electron chi connectivity index (χ4n) is 2.71. The van der Waals surface area contributed by atoms with Crippen molar-refractivity contribution in [2.24, 2.45) is 0 Å². The van der Waals surface area contributed by atoms with Crippen molar-refractivity contribution in [2.75, 3.05) is 56.8 Å². The van der Waals surface area contributed by atoms with Crippen LogP contribution in [-0.4, -0.2) is 67.9 Å². The molecule has 1 aromatic heterocycles. The van der Waals surface area contributed by atoms with Gasteiger partial charge in [0.15, 0.2) is 5.82 Å². The first-order valence-electron chi connectivity index (χ1n) is 9.33. The summed E-state index contributed by atoms with van der Waals surface area (Å²) in [4.78, 5) is 29.8. The zero-order chi connectivity index (χ0) is 19.9. The van der Waals surface area contributed by atoms with Crippen LogP contribution in [0.2, 0.25) is 0 Å². The number of hydrogen-bond acceptors (Lipinski definition) is 8. The maximum atomic E-state index is 12.4. The first kappa shape index (κ1) is 19.8. The highest BCUT2D eigenvalue weighted by molar-refractivity contribution is 5.94. The number of carbonyl (C=O) groups is 1. The molecule has 0 atom stereocenters. The van der Waals surface area contributed by atoms with Gasteiger partial charge in [0, 0.05) is 32.7 Å². The van der Waals surface area contributed by atoms with Gasteiger partial charge in [-0.15, -0.1) is 0 Å². The molecule has 0 radical (unpaired) electrons. The molecule has 1 N–H and O–H groups in total. The van der Waals surface area contributed by atoms with Crippen LogP contribution in [0.3, 0.4) is 0 Å². The lowest BCUT2D eigenvalue weighted by molar-refractivity contribution is 0.0950. The van der Waals surface area contributed by atoms with Crippen molar-refractivity contribution in [3.63, 3.8) is 0 Å². The second kappa shape index (κ2) is 9.32. The number of aromatic nitrogens is 3. The van der Waals surface area contributed by atoms with E-state index in [1.54, 1.807) is 24.3 Å². The molecule has 1 amide bonds. The molecule has 0 spiro atoms. The molecule has 1 saturated heterocycles. The first-order chi connectivity index (χ1) is 13.6. The molecule has 0 unspecified atom stereocenters. The molecule has 0 saturated carbocycles. The lowest BCUT2D eigenvalue weighted by Crippen LogP contribution is -2.38. The molecule has 28 heavy (non-hydrogen) atoms. The van der Waals surface area contributed by atoms with Crippen LogP contribution in [0.15, 0.2) is 24.3 Å². The van der Waals surface area contributed by atoms with E-state index >= 15 is 0 Å². The third-order valence-electron chi connectivity index (χ3n) is 4.19. The van der Waals surface area contributed by atoms with Crippen molar-refractivity contribution in [3.05, 3.63) is 35.7 Å². The number of rotatable bonds is 7. The maximum absolute atomic E-state index is 12.4. The Labute approximate surface area is 164 Å². The Hall–Kier alpha value is -2.94. The van der Waals surface area contributed by atoms with E-state index in [2.05, 4.69) is 25.2 Å². The monoisotopic (exact) mass is 386 g/mol. The number of ether oxygens (including phenoxy) is 2. The van der Waals surface area contributed by atoms with Gasteiger partial charge in [0.25, 0.3) is 5.91 Å². The molecule has 3 rings (SSSR count). The van der Waals surface area contributed by atoms with Crippen LogP contribution in [0.5, 0.6) is 5.75 Å². The van der Waals surface area contributed by atoms with E-state index in [-0.39, 0.29) is 12.5 Å². The number of amides is 1. The number of hydrogen-bond donors (Lipinski definition) is 1. The summed E-state index contributed by atoms with van der Waals surface area (Å²) in [6.07, 6.45) is 0. The normalized spacial score (nSPS) is 13.9. The molecule has 1 fully saturated rings. The Balaban J connectivity index is 1.70. The van der Waals surface area contributed by atoms with E-state index in [1.807, 2.05) is 25.9 Å². The van der Waals surface area contributed by atoms with Gasteiger partial charge in [-0.05, 0) is 31.2 Å². The summed E-state index contributed by atoms with van der Waals surface area (Å²) < 4.78 is 10.8. The number of carbonyl (C=O) groups excluding carboxylic acids is 1. The smallest absolute Gasteiger partial charge is 0.251 e. The summed E-state index contributed by atoms with van der Waals surface area (Å²) in [7, 11) is 3.75. The van der Waals surface area contributed by atoms with E-state index in [0.717, 1.165) is 18.8 Å². The molecule has 1 aliphatic heterocycles. The predicted octanol–water partition coefficient (Wildman–Crippen LogP) is 1.10. The number of morpholine rings is 1. The Morgan fingerprint density at radius 3 is 2.54 bits per heavy atom. The Kier molecular flexibility index (Phi) is 6.59. The predicted molar refractivity (Wildman–Crippen MR) is 106 cm³/mol. The highest BCUT2D eigenvalue weighted by atomic mass is 16.5. The average molecular weight is 386 g/mol. The van der Waals surface area contributed by atoms with Gasteiger partial charge >= 0.3 is 0 Å². The minimum absolute atomic E-state index is 0.192. The second-order valence-corrected chi connectivity index (χ2v) is 6.49. The Bertz CT molecular complexity index is 791. The molecule has 0 aliphatic carbocycles. The molecule has 2 heterocycles. The van der Waals surface area contributed by atoms with Crippen LogP contribution in [0.25, 0.3) is 0 Å². The van der Waals surface area contributed by atoms with Gasteiger partial charge in [0.2, 0.25) is 11.9 Å². The van der Waals surface area contributed by atoms with Crippen molar-refractivity contribution in [3.8, 4) is 5.75 Å². The van der Waals surface area contributed by atoms with Crippen LogP contribution in [-0.2, 0) is 11.3 Å². The molecule has 9 heteroatoms. The van der Waals surface area contributed by atoms with Crippen molar-refractivity contribution < 1.29 is 14.3 Å². The SMILES string of the molecule is CCOc1ccc(C(=O)NCc2nc(N(C)C)nc(N3CCOCC3)n2)cc1. The van der Waals surface area contributed by atoms with Gasteiger partial charge in [-0.25, -0.2) is 0 Å². The van der Waals surface area contributed by atoms with Gasteiger partial charge in [-0.2, -0.15) is 15.0 Å². The van der Waals surface area contributed by atoms with Crippen LogP contribution in [0.1, 0.15) is 23.1 Å². The zero-order valence-corrected chi connectivity index (χ0v) is 16.5. The number of benzene rings is 1. The third-order valence-corrected chi connectivity index (χ3v) is 4.19. The standard InChI is InChI=1S/C19H26N6O3/c1-4-28-15-7-5-14(6-8-15)17(26)20-13-16-21-18(24(2)3)23-19(22-16)25-9-11-27-12-10-25/h5-8H,4,9-13H2,1-3H3,(H,20,26). The summed E-state index contributed by atoms with van der Waals surface area (Å²) >= 11 is 0. The quantitative estimate of drug-likeness (QED) is 0.756. The van der Waals surface area contributed by atoms with E-state index < -0.39 is 0 Å². The third kappa shape index (κ3) is 5.07. The van der Waals surface area contributed by atoms with Crippen molar-refractivity contribution in [1.29, 1.82) is 0 Å². The number of anilines is 2. The summed E-state index contributed by atoms with van der Waals surface area (Å²) in [6.45, 7) is 5.48. The topological polar surface area (TPSA) is 92.7 Å². The van der Waals surface area contributed by atoms with E-state index in [4.69, 9.17) is 9.47 Å². The highest BCUT2D eigenvalue weighted by Gasteiger charge is 2.17. The fraction of sp³-hybridized carbons (Fsp3) is 0.474. The molecule has 0 bridgehead atoms. The zero-order valence-electron chi connectivity index (χ0n) is 16.5. The van der Waals surface area contributed by atoms with E-state index in [0.29, 0.717) is 43.1 Å². The fourth-order valence-corrected chi connectivity index (χ4v) is 2.71. The largest absolute Gasteiger partial charge is 0.494 e. The molecular formula is C19H26N6O3. The summed E-state index contributed by atoms with van der Waals surface area (Å²) in [5.74, 6) is 2.22. The van der Waals surface area contributed by atoms with E-state index in [9.17, 15) is 4.79 Å². The lowest BCUT2D eigenvalue weighted by Gasteiger charge is -2.27. The summed E-state index contributed by atoms with van der Waals surface area (Å²) in [6, 6.07) is 7.03. The van der Waals surface area contributed by atoms with Gasteiger partial charge in [0.05, 0.1) is 26.4 Å². The highest BCUT2D eigenvalue weighted by Crippen LogP contribution is 2.15. The Morgan fingerprint density at radius 1 is 1.18 bits per heavy atom. The number of nitrogens with zero attached hydrogens (tertiary/aromatic N) is 5. The van der Waals surface area contributed by atoms with Gasteiger partial charge in [-0.1, -0.05) is 0 Å². The van der Waals surface area contributed by atoms with Gasteiger partial charge < -0.3 is 24.6 Å². The molecule has 1 aliphatic rings. The molecule has 1 aromatic carbocycles. The molecule has 9 nitrogen and oxygen atoms in total. The summed E-state index contributed by atoms with van der Waals surface area (Å²) in [5.41, 5.74) is 0.554. The molecule has 2 aromatic rings. The first-order valence-corrected chi connectivity index (χ1v) is 9.33. The van der Waals surface area contributed by atoms with Crippen molar-refractivity contribution >= 4 is 17.8 Å². The second-order valence-electron chi connectivity index (χ2n) is 6.49. The summed E-state index contributed by atoms with van der Waals surface area (Å²) in [5, 5.41) is 2.87.